The molecule has 0 fully saturated rings. The van der Waals surface area contributed by atoms with Crippen LogP contribution in [0.5, 0.6) is 5.75 Å². The van der Waals surface area contributed by atoms with Crippen LogP contribution in [0.15, 0.2) is 42.5 Å². The molecular weight excluding hydrogens is 310 g/mol. The minimum absolute atomic E-state index is 0.000550. The number of ether oxygens (including phenoxy) is 1. The Morgan fingerprint density at radius 3 is 2.48 bits per heavy atom. The van der Waals surface area contributed by atoms with Gasteiger partial charge in [-0.3, -0.25) is 4.79 Å². The topological polar surface area (TPSA) is 38.3 Å². The van der Waals surface area contributed by atoms with Gasteiger partial charge in [0.25, 0.3) is 0 Å². The third kappa shape index (κ3) is 4.73. The summed E-state index contributed by atoms with van der Waals surface area (Å²) in [5, 5.41) is 3.77. The summed E-state index contributed by atoms with van der Waals surface area (Å²) < 4.78 is 5.28. The van der Waals surface area contributed by atoms with Gasteiger partial charge in [-0.1, -0.05) is 42.8 Å². The first-order valence-electron chi connectivity index (χ1n) is 7.71. The van der Waals surface area contributed by atoms with E-state index in [1.807, 2.05) is 31.2 Å². The number of aryl methyl sites for hydroxylation is 1. The van der Waals surface area contributed by atoms with E-state index in [0.717, 1.165) is 28.9 Å². The maximum Gasteiger partial charge on any atom is 0.224 e. The van der Waals surface area contributed by atoms with E-state index in [2.05, 4.69) is 18.3 Å². The Hall–Kier alpha value is -2.00. The number of nitrogens with one attached hydrogen (secondary N) is 1. The molecule has 2 aromatic carbocycles. The molecule has 23 heavy (non-hydrogen) atoms. The number of rotatable bonds is 6. The molecule has 0 saturated heterocycles. The molecule has 2 aromatic rings. The van der Waals surface area contributed by atoms with Crippen LogP contribution in [-0.2, 0) is 11.2 Å². The molecule has 0 aliphatic rings. The van der Waals surface area contributed by atoms with Crippen molar-refractivity contribution in [2.75, 3.05) is 7.11 Å². The average Bonchev–Trinajstić information content (AvgIpc) is 2.54. The minimum Gasteiger partial charge on any atom is -0.496 e. The Bertz CT molecular complexity index is 668. The van der Waals surface area contributed by atoms with Gasteiger partial charge in [-0.25, -0.2) is 0 Å². The second kappa shape index (κ2) is 8.02. The van der Waals surface area contributed by atoms with Crippen molar-refractivity contribution >= 4 is 17.5 Å². The zero-order valence-electron chi connectivity index (χ0n) is 13.7. The van der Waals surface area contributed by atoms with E-state index in [9.17, 15) is 4.79 Å². The molecule has 4 heteroatoms. The lowest BCUT2D eigenvalue weighted by Gasteiger charge is -2.19. The molecule has 1 N–H and O–H groups in total. The minimum atomic E-state index is -0.000550. The quantitative estimate of drug-likeness (QED) is 0.848. The zero-order chi connectivity index (χ0) is 16.8. The van der Waals surface area contributed by atoms with Gasteiger partial charge in [0, 0.05) is 5.02 Å². The van der Waals surface area contributed by atoms with Crippen molar-refractivity contribution in [3.05, 3.63) is 64.2 Å². The number of hydrogen-bond acceptors (Lipinski definition) is 2. The van der Waals surface area contributed by atoms with Gasteiger partial charge < -0.3 is 10.1 Å². The average molecular weight is 332 g/mol. The molecule has 1 amide bonds. The summed E-state index contributed by atoms with van der Waals surface area (Å²) in [5.74, 6) is 0.865. The number of halogens is 1. The lowest BCUT2D eigenvalue weighted by molar-refractivity contribution is -0.121. The Balaban J connectivity index is 2.05. The van der Waals surface area contributed by atoms with Gasteiger partial charge in [0.1, 0.15) is 5.75 Å². The normalized spacial score (nSPS) is 11.8. The van der Waals surface area contributed by atoms with Crippen LogP contribution < -0.4 is 10.1 Å². The molecule has 0 radical (unpaired) electrons. The van der Waals surface area contributed by atoms with Crippen molar-refractivity contribution in [3.63, 3.8) is 0 Å². The smallest absolute Gasteiger partial charge is 0.224 e. The van der Waals surface area contributed by atoms with Crippen LogP contribution in [-0.4, -0.2) is 13.0 Å². The molecule has 0 aliphatic heterocycles. The summed E-state index contributed by atoms with van der Waals surface area (Å²) in [7, 11) is 1.66. The van der Waals surface area contributed by atoms with Crippen molar-refractivity contribution in [1.82, 2.24) is 5.32 Å². The molecule has 0 aromatic heterocycles. The van der Waals surface area contributed by atoms with E-state index in [-0.39, 0.29) is 11.9 Å². The molecule has 0 saturated carbocycles. The maximum absolute atomic E-state index is 12.3. The van der Waals surface area contributed by atoms with E-state index < -0.39 is 0 Å². The van der Waals surface area contributed by atoms with Crippen LogP contribution in [0, 0.1) is 6.92 Å². The van der Waals surface area contributed by atoms with Crippen LogP contribution in [0.25, 0.3) is 0 Å². The van der Waals surface area contributed by atoms with Crippen LogP contribution in [0.4, 0.5) is 0 Å². The molecule has 122 valence electrons. The molecular formula is C19H22ClNO2. The van der Waals surface area contributed by atoms with Gasteiger partial charge in [0.15, 0.2) is 0 Å². The third-order valence-corrected chi connectivity index (χ3v) is 4.09. The summed E-state index contributed by atoms with van der Waals surface area (Å²) in [6.45, 7) is 4.07. The number of methoxy groups -OCH3 is 1. The van der Waals surface area contributed by atoms with Gasteiger partial charge in [-0.15, -0.1) is 0 Å². The summed E-state index contributed by atoms with van der Waals surface area (Å²) in [4.78, 5) is 12.3. The van der Waals surface area contributed by atoms with E-state index >= 15 is 0 Å². The van der Waals surface area contributed by atoms with Gasteiger partial charge in [-0.05, 0) is 48.2 Å². The highest BCUT2D eigenvalue weighted by atomic mass is 35.5. The van der Waals surface area contributed by atoms with Gasteiger partial charge >= 0.3 is 0 Å². The first-order chi connectivity index (χ1) is 11.0. The fraction of sp³-hybridized carbons (Fsp3) is 0.316. The van der Waals surface area contributed by atoms with Crippen molar-refractivity contribution < 1.29 is 9.53 Å². The predicted octanol–water partition coefficient (Wildman–Crippen LogP) is 4.47. The van der Waals surface area contributed by atoms with Crippen LogP contribution in [0.2, 0.25) is 5.02 Å². The summed E-state index contributed by atoms with van der Waals surface area (Å²) in [5.41, 5.74) is 3.11. The predicted molar refractivity (Wildman–Crippen MR) is 94.1 cm³/mol. The van der Waals surface area contributed by atoms with Crippen molar-refractivity contribution in [3.8, 4) is 5.75 Å². The lowest BCUT2D eigenvalue weighted by atomic mass is 10.0. The molecule has 1 atom stereocenters. The number of benzene rings is 2. The van der Waals surface area contributed by atoms with E-state index in [0.29, 0.717) is 11.4 Å². The molecule has 3 nitrogen and oxygen atoms in total. The van der Waals surface area contributed by atoms with E-state index in [1.165, 1.54) is 0 Å². The van der Waals surface area contributed by atoms with Crippen LogP contribution in [0.1, 0.15) is 36.1 Å². The largest absolute Gasteiger partial charge is 0.496 e. The second-order valence-corrected chi connectivity index (χ2v) is 6.00. The summed E-state index contributed by atoms with van der Waals surface area (Å²) in [6, 6.07) is 13.4. The Labute approximate surface area is 142 Å². The van der Waals surface area contributed by atoms with Crippen molar-refractivity contribution in [2.45, 2.75) is 32.7 Å². The molecule has 0 heterocycles. The lowest BCUT2D eigenvalue weighted by Crippen LogP contribution is -2.29. The molecule has 1 unspecified atom stereocenters. The van der Waals surface area contributed by atoms with E-state index in [1.54, 1.807) is 19.2 Å². The van der Waals surface area contributed by atoms with Crippen LogP contribution in [0.3, 0.4) is 0 Å². The number of hydrogen-bond donors (Lipinski definition) is 1. The Morgan fingerprint density at radius 2 is 1.91 bits per heavy atom. The monoisotopic (exact) mass is 331 g/mol. The summed E-state index contributed by atoms with van der Waals surface area (Å²) >= 11 is 5.86. The standard InChI is InChI=1S/C19H22ClNO2/c1-4-17(15-7-10-18(23-3)13(2)11-15)21-19(22)12-14-5-8-16(20)9-6-14/h5-11,17H,4,12H2,1-3H3,(H,21,22). The summed E-state index contributed by atoms with van der Waals surface area (Å²) in [6.07, 6.45) is 1.18. The molecule has 0 spiro atoms. The van der Waals surface area contributed by atoms with E-state index in [4.69, 9.17) is 16.3 Å². The van der Waals surface area contributed by atoms with Crippen LogP contribution >= 0.6 is 11.6 Å². The third-order valence-electron chi connectivity index (χ3n) is 3.84. The maximum atomic E-state index is 12.3. The molecule has 0 bridgehead atoms. The fourth-order valence-corrected chi connectivity index (χ4v) is 2.70. The van der Waals surface area contributed by atoms with Gasteiger partial charge in [0.2, 0.25) is 5.91 Å². The van der Waals surface area contributed by atoms with Crippen molar-refractivity contribution in [1.29, 1.82) is 0 Å². The first-order valence-corrected chi connectivity index (χ1v) is 8.09. The Morgan fingerprint density at radius 1 is 1.22 bits per heavy atom. The van der Waals surface area contributed by atoms with Gasteiger partial charge in [0.05, 0.1) is 19.6 Å². The number of carbonyl (C=O) groups is 1. The highest BCUT2D eigenvalue weighted by molar-refractivity contribution is 6.30. The number of amides is 1. The Kier molecular flexibility index (Phi) is 6.05. The van der Waals surface area contributed by atoms with Gasteiger partial charge in [-0.2, -0.15) is 0 Å². The number of carbonyl (C=O) groups excluding carboxylic acids is 1. The SMILES string of the molecule is CCC(NC(=O)Cc1ccc(Cl)cc1)c1ccc(OC)c(C)c1. The molecule has 0 aliphatic carbocycles. The molecule has 2 rings (SSSR count). The highest BCUT2D eigenvalue weighted by Crippen LogP contribution is 2.24. The fourth-order valence-electron chi connectivity index (χ4n) is 2.57. The second-order valence-electron chi connectivity index (χ2n) is 5.56. The highest BCUT2D eigenvalue weighted by Gasteiger charge is 2.14. The van der Waals surface area contributed by atoms with Crippen molar-refractivity contribution in [2.24, 2.45) is 0 Å². The first kappa shape index (κ1) is 17.4. The zero-order valence-corrected chi connectivity index (χ0v) is 14.5.